The highest BCUT2D eigenvalue weighted by Gasteiger charge is 2.43. The number of nitrogens with zero attached hydrogens (tertiary/aromatic N) is 4. The molecule has 3 rings (SSSR count). The predicted octanol–water partition coefficient (Wildman–Crippen LogP) is 2.65. The molecule has 1 aromatic rings. The fraction of sp³-hybridized carbons (Fsp3) is 0.750. The van der Waals surface area contributed by atoms with Crippen LogP contribution >= 0.6 is 24.0 Å². The number of hydrogen-bond donors (Lipinski definition) is 1. The van der Waals surface area contributed by atoms with E-state index in [1.807, 2.05) is 17.9 Å². The molecule has 22 heavy (non-hydrogen) atoms. The zero-order valence-electron chi connectivity index (χ0n) is 13.7. The summed E-state index contributed by atoms with van der Waals surface area (Å²) in [5.74, 6) is 1.08. The number of guanidine groups is 1. The van der Waals surface area contributed by atoms with Gasteiger partial charge in [-0.3, -0.25) is 9.67 Å². The van der Waals surface area contributed by atoms with E-state index < -0.39 is 0 Å². The van der Waals surface area contributed by atoms with Crippen LogP contribution in [0.4, 0.5) is 0 Å². The molecule has 1 aromatic heterocycles. The van der Waals surface area contributed by atoms with Gasteiger partial charge in [0.25, 0.3) is 0 Å². The fourth-order valence-electron chi connectivity index (χ4n) is 3.56. The second kappa shape index (κ2) is 7.66. The van der Waals surface area contributed by atoms with E-state index in [4.69, 9.17) is 0 Å². The minimum atomic E-state index is 0. The number of aryl methyl sites for hydroxylation is 2. The first-order valence-electron chi connectivity index (χ1n) is 8.15. The van der Waals surface area contributed by atoms with E-state index in [1.165, 1.54) is 37.8 Å². The normalized spacial score (nSPS) is 19.9. The molecule has 0 atom stereocenters. The van der Waals surface area contributed by atoms with Gasteiger partial charge in [0.05, 0.1) is 6.20 Å². The number of rotatable bonds is 4. The molecule has 5 nitrogen and oxygen atoms in total. The summed E-state index contributed by atoms with van der Waals surface area (Å²) in [6, 6.07) is 0. The number of nitrogens with one attached hydrogen (secondary N) is 1. The van der Waals surface area contributed by atoms with Gasteiger partial charge in [0.1, 0.15) is 0 Å². The first kappa shape index (κ1) is 17.6. The maximum atomic E-state index is 4.45. The van der Waals surface area contributed by atoms with E-state index in [1.54, 1.807) is 0 Å². The third-order valence-corrected chi connectivity index (χ3v) is 4.97. The molecule has 1 aliphatic heterocycles. The van der Waals surface area contributed by atoms with Gasteiger partial charge in [0.15, 0.2) is 5.96 Å². The molecule has 2 aliphatic rings. The van der Waals surface area contributed by atoms with Gasteiger partial charge in [0.2, 0.25) is 0 Å². The molecule has 2 heterocycles. The van der Waals surface area contributed by atoms with E-state index in [9.17, 15) is 0 Å². The van der Waals surface area contributed by atoms with E-state index in [-0.39, 0.29) is 24.0 Å². The highest BCUT2D eigenvalue weighted by atomic mass is 127. The molecule has 1 saturated carbocycles. The van der Waals surface area contributed by atoms with Crippen molar-refractivity contribution in [3.05, 3.63) is 18.0 Å². The van der Waals surface area contributed by atoms with Gasteiger partial charge in [-0.25, -0.2) is 0 Å². The van der Waals surface area contributed by atoms with Crippen molar-refractivity contribution in [3.63, 3.8) is 0 Å². The Labute approximate surface area is 150 Å². The van der Waals surface area contributed by atoms with Crippen LogP contribution in [0.25, 0.3) is 0 Å². The number of aliphatic imine (C=N–C) groups is 1. The summed E-state index contributed by atoms with van der Waals surface area (Å²) in [6.07, 6.45) is 10.7. The first-order valence-corrected chi connectivity index (χ1v) is 8.15. The van der Waals surface area contributed by atoms with Gasteiger partial charge in [0, 0.05) is 39.4 Å². The second-order valence-corrected chi connectivity index (χ2v) is 6.63. The van der Waals surface area contributed by atoms with Crippen LogP contribution in [-0.4, -0.2) is 47.3 Å². The molecule has 0 unspecified atom stereocenters. The monoisotopic (exact) mass is 417 g/mol. The zero-order chi connectivity index (χ0) is 14.7. The smallest absolute Gasteiger partial charge is 0.193 e. The standard InChI is InChI=1S/C16H27N5.HI/c1-14-11-19-21(12-14)9-4-8-18-15(17-2)20-10-7-16(13-20)5-3-6-16;/h11-12H,3-10,13H2,1-2H3,(H,17,18);1H. The Morgan fingerprint density at radius 2 is 2.23 bits per heavy atom. The maximum absolute atomic E-state index is 4.45. The van der Waals surface area contributed by atoms with Gasteiger partial charge in [-0.05, 0) is 43.6 Å². The van der Waals surface area contributed by atoms with Crippen LogP contribution in [0, 0.1) is 12.3 Å². The van der Waals surface area contributed by atoms with Crippen LogP contribution in [-0.2, 0) is 6.54 Å². The Bertz CT molecular complexity index is 506. The largest absolute Gasteiger partial charge is 0.356 e. The molecule has 1 N–H and O–H groups in total. The highest BCUT2D eigenvalue weighted by Crippen LogP contribution is 2.47. The summed E-state index contributed by atoms with van der Waals surface area (Å²) in [4.78, 5) is 6.89. The quantitative estimate of drug-likeness (QED) is 0.355. The summed E-state index contributed by atoms with van der Waals surface area (Å²) in [7, 11) is 1.89. The topological polar surface area (TPSA) is 45.5 Å². The molecule has 0 radical (unpaired) electrons. The summed E-state index contributed by atoms with van der Waals surface area (Å²) in [6.45, 7) is 6.35. The fourth-order valence-corrected chi connectivity index (χ4v) is 3.56. The van der Waals surface area contributed by atoms with Gasteiger partial charge >= 0.3 is 0 Å². The summed E-state index contributed by atoms with van der Waals surface area (Å²) >= 11 is 0. The molecule has 1 aliphatic carbocycles. The first-order chi connectivity index (χ1) is 10.2. The number of likely N-dealkylation sites (tertiary alicyclic amines) is 1. The number of halogens is 1. The molecule has 0 bridgehead atoms. The minimum absolute atomic E-state index is 0. The third-order valence-electron chi connectivity index (χ3n) is 4.97. The Kier molecular flexibility index (Phi) is 6.11. The molecular weight excluding hydrogens is 389 g/mol. The lowest BCUT2D eigenvalue weighted by Crippen LogP contribution is -2.42. The van der Waals surface area contributed by atoms with Crippen LogP contribution in [0.1, 0.15) is 37.7 Å². The summed E-state index contributed by atoms with van der Waals surface area (Å²) in [5, 5.41) is 7.83. The summed E-state index contributed by atoms with van der Waals surface area (Å²) < 4.78 is 2.01. The second-order valence-electron chi connectivity index (χ2n) is 6.63. The SMILES string of the molecule is CN=C(NCCCn1cc(C)cn1)N1CCC2(CCC2)C1.I. The van der Waals surface area contributed by atoms with E-state index in [0.29, 0.717) is 5.41 Å². The van der Waals surface area contributed by atoms with Crippen molar-refractivity contribution in [2.24, 2.45) is 10.4 Å². The minimum Gasteiger partial charge on any atom is -0.356 e. The van der Waals surface area contributed by atoms with Gasteiger partial charge in [-0.1, -0.05) is 6.42 Å². The molecule has 1 saturated heterocycles. The van der Waals surface area contributed by atoms with Crippen LogP contribution in [0.2, 0.25) is 0 Å². The number of aromatic nitrogens is 2. The third kappa shape index (κ3) is 3.94. The molecular formula is C16H28IN5. The van der Waals surface area contributed by atoms with Crippen molar-refractivity contribution >= 4 is 29.9 Å². The van der Waals surface area contributed by atoms with Crippen LogP contribution < -0.4 is 5.32 Å². The average molecular weight is 417 g/mol. The molecule has 2 fully saturated rings. The van der Waals surface area contributed by atoms with Crippen molar-refractivity contribution in [1.29, 1.82) is 0 Å². The summed E-state index contributed by atoms with van der Waals surface area (Å²) in [5.41, 5.74) is 1.85. The Morgan fingerprint density at radius 3 is 2.77 bits per heavy atom. The van der Waals surface area contributed by atoms with Gasteiger partial charge in [-0.15, -0.1) is 24.0 Å². The Morgan fingerprint density at radius 1 is 1.41 bits per heavy atom. The number of hydrogen-bond acceptors (Lipinski definition) is 2. The zero-order valence-corrected chi connectivity index (χ0v) is 16.0. The van der Waals surface area contributed by atoms with Gasteiger partial charge in [-0.2, -0.15) is 5.10 Å². The molecule has 0 amide bonds. The van der Waals surface area contributed by atoms with Crippen molar-refractivity contribution in [1.82, 2.24) is 20.0 Å². The Hall–Kier alpha value is -0.790. The van der Waals surface area contributed by atoms with Crippen LogP contribution in [0.15, 0.2) is 17.4 Å². The molecule has 124 valence electrons. The lowest BCUT2D eigenvalue weighted by molar-refractivity contribution is 0.151. The van der Waals surface area contributed by atoms with Crippen LogP contribution in [0.3, 0.4) is 0 Å². The predicted molar refractivity (Wildman–Crippen MR) is 101 cm³/mol. The molecule has 1 spiro atoms. The average Bonchev–Trinajstić information content (AvgIpc) is 3.05. The van der Waals surface area contributed by atoms with Crippen molar-refractivity contribution in [3.8, 4) is 0 Å². The van der Waals surface area contributed by atoms with E-state index in [2.05, 4.69) is 33.4 Å². The lowest BCUT2D eigenvalue weighted by Gasteiger charge is -2.38. The van der Waals surface area contributed by atoms with Gasteiger partial charge < -0.3 is 10.2 Å². The lowest BCUT2D eigenvalue weighted by atomic mass is 9.68. The van der Waals surface area contributed by atoms with Crippen molar-refractivity contribution in [2.75, 3.05) is 26.7 Å². The van der Waals surface area contributed by atoms with E-state index >= 15 is 0 Å². The Balaban J connectivity index is 0.00000176. The molecule has 6 heteroatoms. The van der Waals surface area contributed by atoms with E-state index in [0.717, 1.165) is 32.0 Å². The molecule has 0 aromatic carbocycles. The highest BCUT2D eigenvalue weighted by molar-refractivity contribution is 14.0. The van der Waals surface area contributed by atoms with Crippen molar-refractivity contribution in [2.45, 2.75) is 45.6 Å². The van der Waals surface area contributed by atoms with Crippen molar-refractivity contribution < 1.29 is 0 Å². The maximum Gasteiger partial charge on any atom is 0.193 e. The van der Waals surface area contributed by atoms with Crippen LogP contribution in [0.5, 0.6) is 0 Å².